The number of hydrogen-bond donors (Lipinski definition) is 1. The van der Waals surface area contributed by atoms with Crippen molar-refractivity contribution < 1.29 is 13.2 Å². The maximum Gasteiger partial charge on any atom is 0.391 e. The zero-order valence-electron chi connectivity index (χ0n) is 9.80. The summed E-state index contributed by atoms with van der Waals surface area (Å²) in [7, 11) is 0. The molecule has 0 aromatic heterocycles. The van der Waals surface area contributed by atoms with Gasteiger partial charge in [-0.25, -0.2) is 0 Å². The minimum Gasteiger partial charge on any atom is -0.382 e. The summed E-state index contributed by atoms with van der Waals surface area (Å²) in [6.45, 7) is 0. The number of anilines is 1. The van der Waals surface area contributed by atoms with Crippen LogP contribution in [0.5, 0.6) is 0 Å². The fourth-order valence-electron chi connectivity index (χ4n) is 2.38. The van der Waals surface area contributed by atoms with Gasteiger partial charge in [-0.1, -0.05) is 17.7 Å². The number of alkyl halides is 3. The molecule has 0 aliphatic heterocycles. The third kappa shape index (κ3) is 3.55. The molecule has 0 unspecified atom stereocenters. The first-order chi connectivity index (χ1) is 8.45. The smallest absolute Gasteiger partial charge is 0.382 e. The highest BCUT2D eigenvalue weighted by Gasteiger charge is 2.41. The lowest BCUT2D eigenvalue weighted by Gasteiger charge is -2.30. The van der Waals surface area contributed by atoms with E-state index in [2.05, 4.69) is 5.32 Å². The number of rotatable bonds is 2. The maximum atomic E-state index is 12.5. The Bertz CT molecular complexity index is 397. The third-order valence-corrected chi connectivity index (χ3v) is 3.62. The summed E-state index contributed by atoms with van der Waals surface area (Å²) in [5.41, 5.74) is 0.873. The SMILES string of the molecule is FC(F)(F)C1CCC(Nc2cccc(Cl)c2)CC1. The van der Waals surface area contributed by atoms with Gasteiger partial charge in [0.15, 0.2) is 0 Å². The lowest BCUT2D eigenvalue weighted by Crippen LogP contribution is -2.32. The minimum absolute atomic E-state index is 0.113. The van der Waals surface area contributed by atoms with Crippen LogP contribution in [0.15, 0.2) is 24.3 Å². The molecule has 5 heteroatoms. The van der Waals surface area contributed by atoms with Crippen molar-refractivity contribution in [1.29, 1.82) is 0 Å². The summed E-state index contributed by atoms with van der Waals surface area (Å²) in [6, 6.07) is 7.38. The average molecular weight is 278 g/mol. The van der Waals surface area contributed by atoms with Gasteiger partial charge in [-0.15, -0.1) is 0 Å². The van der Waals surface area contributed by atoms with Gasteiger partial charge in [0.05, 0.1) is 5.92 Å². The molecule has 1 aliphatic carbocycles. The molecule has 0 amide bonds. The van der Waals surface area contributed by atoms with Gasteiger partial charge in [-0.3, -0.25) is 0 Å². The second kappa shape index (κ2) is 5.39. The van der Waals surface area contributed by atoms with Gasteiger partial charge in [0.25, 0.3) is 0 Å². The molecule has 2 rings (SSSR count). The van der Waals surface area contributed by atoms with E-state index < -0.39 is 12.1 Å². The van der Waals surface area contributed by atoms with Crippen molar-refractivity contribution in [2.24, 2.45) is 5.92 Å². The molecule has 0 radical (unpaired) electrons. The number of nitrogens with one attached hydrogen (secondary N) is 1. The molecule has 0 heterocycles. The van der Waals surface area contributed by atoms with Crippen molar-refractivity contribution in [3.05, 3.63) is 29.3 Å². The largest absolute Gasteiger partial charge is 0.391 e. The van der Waals surface area contributed by atoms with Crippen molar-refractivity contribution in [2.75, 3.05) is 5.32 Å². The molecule has 0 atom stereocenters. The van der Waals surface area contributed by atoms with E-state index in [9.17, 15) is 13.2 Å². The van der Waals surface area contributed by atoms with E-state index in [0.29, 0.717) is 17.9 Å². The van der Waals surface area contributed by atoms with E-state index in [1.54, 1.807) is 12.1 Å². The Morgan fingerprint density at radius 1 is 1.11 bits per heavy atom. The van der Waals surface area contributed by atoms with E-state index in [0.717, 1.165) is 5.69 Å². The van der Waals surface area contributed by atoms with Gasteiger partial charge in [-0.05, 0) is 43.9 Å². The summed E-state index contributed by atoms with van der Waals surface area (Å²) < 4.78 is 37.5. The van der Waals surface area contributed by atoms with Crippen LogP contribution < -0.4 is 5.32 Å². The van der Waals surface area contributed by atoms with Gasteiger partial charge >= 0.3 is 6.18 Å². The fraction of sp³-hybridized carbons (Fsp3) is 0.538. The lowest BCUT2D eigenvalue weighted by atomic mass is 9.85. The summed E-state index contributed by atoms with van der Waals surface area (Å²) >= 11 is 5.86. The Kier molecular flexibility index (Phi) is 4.05. The quantitative estimate of drug-likeness (QED) is 0.813. The molecule has 1 aromatic carbocycles. The van der Waals surface area contributed by atoms with E-state index in [4.69, 9.17) is 11.6 Å². The van der Waals surface area contributed by atoms with Crippen molar-refractivity contribution in [3.63, 3.8) is 0 Å². The number of halogens is 4. The molecular weight excluding hydrogens is 263 g/mol. The summed E-state index contributed by atoms with van der Waals surface area (Å²) in [5.74, 6) is -1.13. The number of benzene rings is 1. The topological polar surface area (TPSA) is 12.0 Å². The van der Waals surface area contributed by atoms with Gasteiger partial charge < -0.3 is 5.32 Å². The second-order valence-electron chi connectivity index (χ2n) is 4.74. The molecule has 1 fully saturated rings. The Hall–Kier alpha value is -0.900. The molecule has 1 aromatic rings. The fourth-order valence-corrected chi connectivity index (χ4v) is 2.57. The first-order valence-corrected chi connectivity index (χ1v) is 6.42. The molecule has 0 spiro atoms. The molecule has 0 saturated heterocycles. The van der Waals surface area contributed by atoms with Crippen LogP contribution in [0.25, 0.3) is 0 Å². The van der Waals surface area contributed by atoms with Crippen LogP contribution in [0, 0.1) is 5.92 Å². The molecule has 1 saturated carbocycles. The molecule has 1 nitrogen and oxygen atoms in total. The molecule has 0 bridgehead atoms. The van der Waals surface area contributed by atoms with Crippen LogP contribution in [-0.2, 0) is 0 Å². The second-order valence-corrected chi connectivity index (χ2v) is 5.18. The highest BCUT2D eigenvalue weighted by molar-refractivity contribution is 6.30. The Morgan fingerprint density at radius 3 is 2.33 bits per heavy atom. The van der Waals surface area contributed by atoms with Crippen LogP contribution in [-0.4, -0.2) is 12.2 Å². The van der Waals surface area contributed by atoms with Gasteiger partial charge in [-0.2, -0.15) is 13.2 Å². The maximum absolute atomic E-state index is 12.5. The van der Waals surface area contributed by atoms with Crippen molar-refractivity contribution in [1.82, 2.24) is 0 Å². The predicted octanol–water partition coefficient (Wildman–Crippen LogP) is 4.87. The van der Waals surface area contributed by atoms with E-state index in [-0.39, 0.29) is 18.9 Å². The summed E-state index contributed by atoms with van der Waals surface area (Å²) in [6.07, 6.45) is -2.52. The summed E-state index contributed by atoms with van der Waals surface area (Å²) in [4.78, 5) is 0. The highest BCUT2D eigenvalue weighted by Crippen LogP contribution is 2.38. The van der Waals surface area contributed by atoms with Crippen molar-refractivity contribution in [3.8, 4) is 0 Å². The predicted molar refractivity (Wildman–Crippen MR) is 66.9 cm³/mol. The highest BCUT2D eigenvalue weighted by atomic mass is 35.5. The van der Waals surface area contributed by atoms with E-state index in [1.165, 1.54) is 0 Å². The van der Waals surface area contributed by atoms with Crippen LogP contribution >= 0.6 is 11.6 Å². The number of hydrogen-bond acceptors (Lipinski definition) is 1. The molecule has 18 heavy (non-hydrogen) atoms. The minimum atomic E-state index is -4.04. The van der Waals surface area contributed by atoms with Crippen LogP contribution in [0.2, 0.25) is 5.02 Å². The average Bonchev–Trinajstić information content (AvgIpc) is 2.28. The van der Waals surface area contributed by atoms with Crippen LogP contribution in [0.1, 0.15) is 25.7 Å². The van der Waals surface area contributed by atoms with Gasteiger partial charge in [0, 0.05) is 16.8 Å². The Balaban J connectivity index is 1.87. The third-order valence-electron chi connectivity index (χ3n) is 3.39. The lowest BCUT2D eigenvalue weighted by molar-refractivity contribution is -0.182. The van der Waals surface area contributed by atoms with E-state index >= 15 is 0 Å². The van der Waals surface area contributed by atoms with Crippen molar-refractivity contribution in [2.45, 2.75) is 37.9 Å². The molecule has 1 N–H and O–H groups in total. The molecular formula is C13H15ClF3N. The van der Waals surface area contributed by atoms with Crippen LogP contribution in [0.3, 0.4) is 0 Å². The van der Waals surface area contributed by atoms with Crippen molar-refractivity contribution >= 4 is 17.3 Å². The zero-order valence-corrected chi connectivity index (χ0v) is 10.6. The Morgan fingerprint density at radius 2 is 1.78 bits per heavy atom. The monoisotopic (exact) mass is 277 g/mol. The van der Waals surface area contributed by atoms with Crippen LogP contribution in [0.4, 0.5) is 18.9 Å². The normalized spacial score (nSPS) is 24.9. The van der Waals surface area contributed by atoms with Gasteiger partial charge in [0.2, 0.25) is 0 Å². The van der Waals surface area contributed by atoms with Gasteiger partial charge in [0.1, 0.15) is 0 Å². The zero-order chi connectivity index (χ0) is 13.2. The Labute approximate surface area is 109 Å². The van der Waals surface area contributed by atoms with E-state index in [1.807, 2.05) is 12.1 Å². The first kappa shape index (κ1) is 13.5. The standard InChI is InChI=1S/C13H15ClF3N/c14-10-2-1-3-12(8-10)18-11-6-4-9(5-7-11)13(15,16)17/h1-3,8-9,11,18H,4-7H2. The summed E-state index contributed by atoms with van der Waals surface area (Å²) in [5, 5.41) is 3.87. The molecule has 100 valence electrons. The molecule has 1 aliphatic rings. The first-order valence-electron chi connectivity index (χ1n) is 6.04.